The standard InChI is InChI=1S/C3H5NO.2C2H6/c1-2-4-5-3-1;2*1-2/h2H,1,3H2;2*1-2H3. The van der Waals surface area contributed by atoms with Crippen LogP contribution in [0.4, 0.5) is 0 Å². The third kappa shape index (κ3) is 11.2. The highest BCUT2D eigenvalue weighted by Gasteiger charge is 1.86. The minimum absolute atomic E-state index is 0.778. The van der Waals surface area contributed by atoms with Crippen molar-refractivity contribution in [3.8, 4) is 0 Å². The Morgan fingerprint density at radius 2 is 1.78 bits per heavy atom. The van der Waals surface area contributed by atoms with Crippen molar-refractivity contribution in [3.05, 3.63) is 0 Å². The quantitative estimate of drug-likeness (QED) is 0.495. The van der Waals surface area contributed by atoms with Crippen LogP contribution < -0.4 is 0 Å². The molecule has 9 heavy (non-hydrogen) atoms. The molecular weight excluding hydrogens is 114 g/mol. The van der Waals surface area contributed by atoms with E-state index in [0.717, 1.165) is 13.0 Å². The molecule has 1 heterocycles. The van der Waals surface area contributed by atoms with E-state index in [1.165, 1.54) is 0 Å². The fourth-order valence-corrected chi connectivity index (χ4v) is 0.264. The van der Waals surface area contributed by atoms with E-state index in [0.29, 0.717) is 0 Å². The summed E-state index contributed by atoms with van der Waals surface area (Å²) < 4.78 is 0. The van der Waals surface area contributed by atoms with Crippen LogP contribution in [0.2, 0.25) is 0 Å². The summed E-state index contributed by atoms with van der Waals surface area (Å²) in [7, 11) is 0. The highest BCUT2D eigenvalue weighted by atomic mass is 16.6. The first kappa shape index (κ1) is 11.3. The van der Waals surface area contributed by atoms with Crippen LogP contribution in [0.25, 0.3) is 0 Å². The van der Waals surface area contributed by atoms with Crippen molar-refractivity contribution in [1.82, 2.24) is 0 Å². The topological polar surface area (TPSA) is 21.6 Å². The maximum Gasteiger partial charge on any atom is 0.122 e. The Labute approximate surface area is 57.9 Å². The van der Waals surface area contributed by atoms with Gasteiger partial charge in [-0.05, 0) is 0 Å². The second kappa shape index (κ2) is 15.6. The molecule has 56 valence electrons. The third-order valence-corrected chi connectivity index (χ3v) is 0.487. The molecule has 2 heteroatoms. The predicted molar refractivity (Wildman–Crippen MR) is 41.8 cm³/mol. The van der Waals surface area contributed by atoms with Gasteiger partial charge in [-0.15, -0.1) is 0 Å². The van der Waals surface area contributed by atoms with E-state index in [1.54, 1.807) is 6.21 Å². The summed E-state index contributed by atoms with van der Waals surface area (Å²) in [6.07, 6.45) is 2.75. The molecule has 0 aromatic rings. The smallest absolute Gasteiger partial charge is 0.122 e. The maximum absolute atomic E-state index is 4.51. The lowest BCUT2D eigenvalue weighted by Crippen LogP contribution is -1.72. The van der Waals surface area contributed by atoms with Gasteiger partial charge in [-0.25, -0.2) is 0 Å². The molecule has 2 nitrogen and oxygen atoms in total. The molecule has 0 aliphatic carbocycles. The summed E-state index contributed by atoms with van der Waals surface area (Å²) in [4.78, 5) is 4.51. The highest BCUT2D eigenvalue weighted by molar-refractivity contribution is 5.57. The molecule has 1 aliphatic heterocycles. The van der Waals surface area contributed by atoms with Crippen LogP contribution in [0.15, 0.2) is 5.16 Å². The van der Waals surface area contributed by atoms with Gasteiger partial charge in [0.1, 0.15) is 6.61 Å². The van der Waals surface area contributed by atoms with Gasteiger partial charge in [-0.3, -0.25) is 0 Å². The number of rotatable bonds is 0. The zero-order valence-corrected chi connectivity index (χ0v) is 6.85. The van der Waals surface area contributed by atoms with Crippen molar-refractivity contribution in [2.24, 2.45) is 5.16 Å². The Hall–Kier alpha value is -0.530. The van der Waals surface area contributed by atoms with Crippen LogP contribution in [0, 0.1) is 0 Å². The first-order chi connectivity index (χ1) is 4.50. The molecular formula is C7H17NO. The van der Waals surface area contributed by atoms with E-state index in [9.17, 15) is 0 Å². The van der Waals surface area contributed by atoms with E-state index in [1.807, 2.05) is 27.7 Å². The van der Waals surface area contributed by atoms with Crippen molar-refractivity contribution in [2.45, 2.75) is 34.1 Å². The molecule has 0 N–H and O–H groups in total. The predicted octanol–water partition coefficient (Wildman–Crippen LogP) is 2.44. The molecule has 0 fully saturated rings. The van der Waals surface area contributed by atoms with Crippen LogP contribution in [-0.4, -0.2) is 12.8 Å². The van der Waals surface area contributed by atoms with Crippen molar-refractivity contribution in [1.29, 1.82) is 0 Å². The van der Waals surface area contributed by atoms with Gasteiger partial charge in [0, 0.05) is 12.6 Å². The van der Waals surface area contributed by atoms with Crippen LogP contribution in [0.5, 0.6) is 0 Å². The summed E-state index contributed by atoms with van der Waals surface area (Å²) in [5.41, 5.74) is 0. The minimum Gasteiger partial charge on any atom is -0.396 e. The molecule has 0 aromatic carbocycles. The second-order valence-corrected chi connectivity index (χ2v) is 0.910. The summed E-state index contributed by atoms with van der Waals surface area (Å²) >= 11 is 0. The average molecular weight is 131 g/mol. The summed E-state index contributed by atoms with van der Waals surface area (Å²) in [6.45, 7) is 8.78. The van der Waals surface area contributed by atoms with Gasteiger partial charge in [-0.2, -0.15) is 0 Å². The Morgan fingerprint density at radius 3 is 1.89 bits per heavy atom. The molecule has 0 bridgehead atoms. The third-order valence-electron chi connectivity index (χ3n) is 0.487. The summed E-state index contributed by atoms with van der Waals surface area (Å²) in [6, 6.07) is 0. The van der Waals surface area contributed by atoms with Crippen molar-refractivity contribution < 1.29 is 4.84 Å². The molecule has 0 saturated heterocycles. The van der Waals surface area contributed by atoms with Gasteiger partial charge >= 0.3 is 0 Å². The molecule has 0 saturated carbocycles. The van der Waals surface area contributed by atoms with Gasteiger partial charge < -0.3 is 4.84 Å². The molecule has 0 aromatic heterocycles. The number of hydrogen-bond donors (Lipinski definition) is 0. The second-order valence-electron chi connectivity index (χ2n) is 0.910. The van der Waals surface area contributed by atoms with E-state index < -0.39 is 0 Å². The van der Waals surface area contributed by atoms with Crippen molar-refractivity contribution >= 4 is 6.21 Å². The monoisotopic (exact) mass is 131 g/mol. The van der Waals surface area contributed by atoms with E-state index in [-0.39, 0.29) is 0 Å². The molecule has 0 amide bonds. The lowest BCUT2D eigenvalue weighted by molar-refractivity contribution is 0.174. The Morgan fingerprint density at radius 1 is 1.22 bits per heavy atom. The van der Waals surface area contributed by atoms with Gasteiger partial charge in [0.15, 0.2) is 0 Å². The van der Waals surface area contributed by atoms with Gasteiger partial charge in [0.2, 0.25) is 0 Å². The molecule has 1 rings (SSSR count). The number of nitrogens with zero attached hydrogens (tertiary/aromatic N) is 1. The highest BCUT2D eigenvalue weighted by Crippen LogP contribution is 1.86. The van der Waals surface area contributed by atoms with Crippen LogP contribution in [0.1, 0.15) is 34.1 Å². The fraction of sp³-hybridized carbons (Fsp3) is 0.857. The number of hydrogen-bond acceptors (Lipinski definition) is 2. The molecule has 0 unspecified atom stereocenters. The molecule has 0 radical (unpaired) electrons. The maximum atomic E-state index is 4.51. The average Bonchev–Trinajstić information content (AvgIpc) is 2.51. The Bertz CT molecular complexity index is 46.9. The van der Waals surface area contributed by atoms with Gasteiger partial charge in [0.25, 0.3) is 0 Å². The first-order valence-electron chi connectivity index (χ1n) is 3.64. The van der Waals surface area contributed by atoms with E-state index >= 15 is 0 Å². The Kier molecular flexibility index (Phi) is 19.6. The lowest BCUT2D eigenvalue weighted by atomic mass is 10.5. The van der Waals surface area contributed by atoms with Crippen LogP contribution >= 0.6 is 0 Å². The minimum atomic E-state index is 0.778. The fourth-order valence-electron chi connectivity index (χ4n) is 0.264. The van der Waals surface area contributed by atoms with Crippen LogP contribution in [-0.2, 0) is 4.84 Å². The SMILES string of the molecule is C1=NOCC1.CC.CC. The number of oxime groups is 1. The van der Waals surface area contributed by atoms with Gasteiger partial charge in [0.05, 0.1) is 0 Å². The summed E-state index contributed by atoms with van der Waals surface area (Å²) in [5.74, 6) is 0. The van der Waals surface area contributed by atoms with E-state index in [4.69, 9.17) is 0 Å². The van der Waals surface area contributed by atoms with E-state index in [2.05, 4.69) is 9.99 Å². The summed E-state index contributed by atoms with van der Waals surface area (Å²) in [5, 5.41) is 3.46. The normalized spacial score (nSPS) is 12.0. The lowest BCUT2D eigenvalue weighted by Gasteiger charge is -1.76. The largest absolute Gasteiger partial charge is 0.396 e. The van der Waals surface area contributed by atoms with Crippen molar-refractivity contribution in [2.75, 3.05) is 6.61 Å². The Balaban J connectivity index is 0. The zero-order chi connectivity index (χ0) is 7.54. The molecule has 0 atom stereocenters. The molecule has 1 aliphatic rings. The zero-order valence-electron chi connectivity index (χ0n) is 6.85. The van der Waals surface area contributed by atoms with Gasteiger partial charge in [-0.1, -0.05) is 32.9 Å². The van der Waals surface area contributed by atoms with Crippen molar-refractivity contribution in [3.63, 3.8) is 0 Å². The first-order valence-corrected chi connectivity index (χ1v) is 3.64. The van der Waals surface area contributed by atoms with Crippen LogP contribution in [0.3, 0.4) is 0 Å². The molecule has 0 spiro atoms.